The van der Waals surface area contributed by atoms with Crippen molar-refractivity contribution in [2.24, 2.45) is 0 Å². The van der Waals surface area contributed by atoms with Crippen LogP contribution in [0.1, 0.15) is 39.0 Å². The van der Waals surface area contributed by atoms with E-state index in [2.05, 4.69) is 22.2 Å². The van der Waals surface area contributed by atoms with E-state index in [1.54, 1.807) is 29.5 Å². The Morgan fingerprint density at radius 3 is 2.90 bits per heavy atom. The summed E-state index contributed by atoms with van der Waals surface area (Å²) in [7, 11) is 1.88. The van der Waals surface area contributed by atoms with Gasteiger partial charge in [-0.3, -0.25) is 9.36 Å². The molecule has 9 heteroatoms. The minimum Gasteiger partial charge on any atom is -0.454 e. The van der Waals surface area contributed by atoms with Gasteiger partial charge in [-0.05, 0) is 18.6 Å². The molecule has 0 radical (unpaired) electrons. The van der Waals surface area contributed by atoms with Crippen LogP contribution in [0.4, 0.5) is 17.2 Å². The van der Waals surface area contributed by atoms with Gasteiger partial charge in [-0.2, -0.15) is 4.98 Å². The Balaban J connectivity index is 1.61. The van der Waals surface area contributed by atoms with Gasteiger partial charge in [0.15, 0.2) is 17.3 Å². The highest BCUT2D eigenvalue weighted by atomic mass is 16.7. The van der Waals surface area contributed by atoms with Crippen LogP contribution in [0.15, 0.2) is 43.1 Å². The summed E-state index contributed by atoms with van der Waals surface area (Å²) in [5, 5.41) is 2.98. The van der Waals surface area contributed by atoms with E-state index in [0.717, 1.165) is 31.4 Å². The van der Waals surface area contributed by atoms with Crippen LogP contribution in [0.3, 0.4) is 0 Å². The lowest BCUT2D eigenvalue weighted by Crippen LogP contribution is -2.19. The molecule has 3 heterocycles. The monoisotopic (exact) mass is 422 g/mol. The third-order valence-corrected chi connectivity index (χ3v) is 5.08. The zero-order chi connectivity index (χ0) is 21.6. The molecule has 2 aromatic heterocycles. The quantitative estimate of drug-likeness (QED) is 0.520. The molecule has 0 atom stereocenters. The first kappa shape index (κ1) is 20.6. The molecule has 1 amide bonds. The average Bonchev–Trinajstić information content (AvgIpc) is 3.48. The Kier molecular flexibility index (Phi) is 6.30. The van der Waals surface area contributed by atoms with Crippen LogP contribution in [0.25, 0.3) is 5.95 Å². The number of ether oxygens (including phenoxy) is 2. The summed E-state index contributed by atoms with van der Waals surface area (Å²) in [5.74, 6) is 2.37. The molecule has 9 nitrogen and oxygen atoms in total. The summed E-state index contributed by atoms with van der Waals surface area (Å²) in [5.41, 5.74) is 1.39. The van der Waals surface area contributed by atoms with E-state index >= 15 is 0 Å². The number of hydrogen-bond acceptors (Lipinski definition) is 7. The highest BCUT2D eigenvalue weighted by Crippen LogP contribution is 2.38. The van der Waals surface area contributed by atoms with Crippen LogP contribution in [0, 0.1) is 0 Å². The zero-order valence-electron chi connectivity index (χ0n) is 17.7. The van der Waals surface area contributed by atoms with Gasteiger partial charge in [0.1, 0.15) is 12.0 Å². The van der Waals surface area contributed by atoms with Crippen molar-refractivity contribution in [1.29, 1.82) is 0 Å². The van der Waals surface area contributed by atoms with E-state index in [4.69, 9.17) is 14.5 Å². The van der Waals surface area contributed by atoms with Crippen LogP contribution < -0.4 is 19.7 Å². The molecule has 0 aliphatic carbocycles. The second-order valence-electron chi connectivity index (χ2n) is 7.33. The fraction of sp³-hybridized carbons (Fsp3) is 0.364. The second-order valence-corrected chi connectivity index (χ2v) is 7.33. The van der Waals surface area contributed by atoms with Gasteiger partial charge in [0.25, 0.3) is 0 Å². The third kappa shape index (κ3) is 4.76. The fourth-order valence-corrected chi connectivity index (χ4v) is 3.35. The molecule has 1 aliphatic rings. The van der Waals surface area contributed by atoms with E-state index < -0.39 is 0 Å². The van der Waals surface area contributed by atoms with Gasteiger partial charge in [-0.15, -0.1) is 0 Å². The molecule has 0 bridgehead atoms. The molecule has 31 heavy (non-hydrogen) atoms. The van der Waals surface area contributed by atoms with Crippen molar-refractivity contribution in [1.82, 2.24) is 19.5 Å². The molecule has 0 unspecified atom stereocenters. The predicted molar refractivity (Wildman–Crippen MR) is 117 cm³/mol. The Bertz CT molecular complexity index is 1040. The maximum Gasteiger partial charge on any atom is 0.236 e. The first-order chi connectivity index (χ1) is 15.2. The van der Waals surface area contributed by atoms with Crippen LogP contribution in [-0.2, 0) is 4.79 Å². The van der Waals surface area contributed by atoms with Crippen LogP contribution >= 0.6 is 0 Å². The van der Waals surface area contributed by atoms with E-state index in [1.165, 1.54) is 0 Å². The molecule has 1 aromatic carbocycles. The number of benzene rings is 1. The summed E-state index contributed by atoms with van der Waals surface area (Å²) in [6, 6.07) is 5.67. The van der Waals surface area contributed by atoms with Crippen LogP contribution in [0.2, 0.25) is 0 Å². The lowest BCUT2D eigenvalue weighted by atomic mass is 10.1. The number of amides is 1. The Labute approximate surface area is 181 Å². The number of aromatic nitrogens is 4. The van der Waals surface area contributed by atoms with Crippen molar-refractivity contribution in [3.8, 4) is 17.4 Å². The lowest BCUT2D eigenvalue weighted by Gasteiger charge is -2.22. The molecule has 1 aliphatic heterocycles. The number of nitrogens with one attached hydrogen (secondary N) is 1. The second kappa shape index (κ2) is 9.46. The molecule has 3 aromatic rings. The summed E-state index contributed by atoms with van der Waals surface area (Å²) >= 11 is 0. The van der Waals surface area contributed by atoms with Crippen molar-refractivity contribution in [2.75, 3.05) is 24.1 Å². The standard InChI is InChI=1S/C22H26N6O3/c1-3-4-5-6-7-20(29)25-17-13-24-22(28-11-10-23-14-28)26-21(17)27(2)16-8-9-18-19(12-16)31-15-30-18/h8-14H,3-7,15H2,1-2H3,(H,25,29). The molecule has 1 N–H and O–H groups in total. The third-order valence-electron chi connectivity index (χ3n) is 5.08. The highest BCUT2D eigenvalue weighted by molar-refractivity contribution is 5.94. The predicted octanol–water partition coefficient (Wildman–Crippen LogP) is 4.07. The Morgan fingerprint density at radius 2 is 2.10 bits per heavy atom. The van der Waals surface area contributed by atoms with E-state index in [1.807, 2.05) is 30.1 Å². The summed E-state index contributed by atoms with van der Waals surface area (Å²) in [4.78, 5) is 27.6. The first-order valence-electron chi connectivity index (χ1n) is 10.4. The molecule has 0 saturated carbocycles. The van der Waals surface area contributed by atoms with Crippen molar-refractivity contribution < 1.29 is 14.3 Å². The van der Waals surface area contributed by atoms with Crippen molar-refractivity contribution in [3.63, 3.8) is 0 Å². The largest absolute Gasteiger partial charge is 0.454 e. The fourth-order valence-electron chi connectivity index (χ4n) is 3.35. The number of unbranched alkanes of at least 4 members (excludes halogenated alkanes) is 3. The first-order valence-corrected chi connectivity index (χ1v) is 10.4. The molecule has 4 rings (SSSR count). The number of anilines is 3. The number of carbonyl (C=O) groups is 1. The van der Waals surface area contributed by atoms with Crippen molar-refractivity contribution in [3.05, 3.63) is 43.1 Å². The molecular formula is C22H26N6O3. The molecule has 0 spiro atoms. The minimum absolute atomic E-state index is 0.0459. The average molecular weight is 422 g/mol. The Hall–Kier alpha value is -3.62. The zero-order valence-corrected chi connectivity index (χ0v) is 17.7. The van der Waals surface area contributed by atoms with Crippen molar-refractivity contribution in [2.45, 2.75) is 39.0 Å². The molecule has 0 saturated heterocycles. The SMILES string of the molecule is CCCCCCC(=O)Nc1cnc(-n2ccnc2)nc1N(C)c1ccc2c(c1)OCO2. The van der Waals surface area contributed by atoms with Gasteiger partial charge in [0.2, 0.25) is 18.6 Å². The van der Waals surface area contributed by atoms with Gasteiger partial charge >= 0.3 is 0 Å². The summed E-state index contributed by atoms with van der Waals surface area (Å²) in [6.07, 6.45) is 11.3. The van der Waals surface area contributed by atoms with Crippen LogP contribution in [0.5, 0.6) is 11.5 Å². The molecular weight excluding hydrogens is 396 g/mol. The number of rotatable bonds is 9. The number of imidazole rings is 1. The summed E-state index contributed by atoms with van der Waals surface area (Å²) in [6.45, 7) is 2.36. The van der Waals surface area contributed by atoms with Gasteiger partial charge in [0, 0.05) is 37.6 Å². The minimum atomic E-state index is -0.0459. The van der Waals surface area contributed by atoms with Gasteiger partial charge in [0.05, 0.1) is 6.20 Å². The van der Waals surface area contributed by atoms with Gasteiger partial charge in [-0.1, -0.05) is 26.2 Å². The number of hydrogen-bond donors (Lipinski definition) is 1. The van der Waals surface area contributed by atoms with Gasteiger partial charge in [-0.25, -0.2) is 9.97 Å². The molecule has 0 fully saturated rings. The number of carbonyl (C=O) groups excluding carboxylic acids is 1. The topological polar surface area (TPSA) is 94.4 Å². The Morgan fingerprint density at radius 1 is 1.23 bits per heavy atom. The van der Waals surface area contributed by atoms with E-state index in [0.29, 0.717) is 35.4 Å². The van der Waals surface area contributed by atoms with Crippen LogP contribution in [-0.4, -0.2) is 39.3 Å². The van der Waals surface area contributed by atoms with Crippen molar-refractivity contribution >= 4 is 23.1 Å². The summed E-state index contributed by atoms with van der Waals surface area (Å²) < 4.78 is 12.6. The maximum absolute atomic E-state index is 12.5. The maximum atomic E-state index is 12.5. The number of nitrogens with zero attached hydrogens (tertiary/aromatic N) is 5. The normalized spacial score (nSPS) is 12.1. The smallest absolute Gasteiger partial charge is 0.236 e. The number of fused-ring (bicyclic) bond motifs is 1. The molecule has 162 valence electrons. The highest BCUT2D eigenvalue weighted by Gasteiger charge is 2.19. The van der Waals surface area contributed by atoms with E-state index in [-0.39, 0.29) is 12.7 Å². The van der Waals surface area contributed by atoms with Gasteiger partial charge < -0.3 is 19.7 Å². The van der Waals surface area contributed by atoms with E-state index in [9.17, 15) is 4.79 Å². The lowest BCUT2D eigenvalue weighted by molar-refractivity contribution is -0.116.